The van der Waals surface area contributed by atoms with Crippen molar-refractivity contribution in [2.75, 3.05) is 13.1 Å². The molecule has 1 aliphatic carbocycles. The number of carbonyl (C=O) groups is 6. The number of nitrogens with two attached hydrogens (primary N) is 1. The Hall–Kier alpha value is -3.96. The molecule has 12 heteroatoms. The summed E-state index contributed by atoms with van der Waals surface area (Å²) in [6.07, 6.45) is 3.75. The first kappa shape index (κ1) is 40.1. The minimum absolute atomic E-state index is 0.0164. The molecule has 5 N–H and O–H groups in total. The lowest BCUT2D eigenvalue weighted by Crippen LogP contribution is -2.60. The Morgan fingerprint density at radius 2 is 1.59 bits per heavy atom. The van der Waals surface area contributed by atoms with E-state index in [2.05, 4.69) is 29.8 Å². The molecule has 46 heavy (non-hydrogen) atoms. The number of ketones is 1. The van der Waals surface area contributed by atoms with Crippen LogP contribution in [0.25, 0.3) is 0 Å². The van der Waals surface area contributed by atoms with Gasteiger partial charge in [0.05, 0.1) is 6.04 Å². The van der Waals surface area contributed by atoms with Gasteiger partial charge in [-0.05, 0) is 35.7 Å². The van der Waals surface area contributed by atoms with Gasteiger partial charge in [0.15, 0.2) is 0 Å². The summed E-state index contributed by atoms with van der Waals surface area (Å²) >= 11 is 0. The highest BCUT2D eigenvalue weighted by Gasteiger charge is 2.45. The van der Waals surface area contributed by atoms with Crippen molar-refractivity contribution in [3.8, 4) is 0 Å². The van der Waals surface area contributed by atoms with Crippen LogP contribution in [0.15, 0.2) is 30.3 Å². The molecule has 1 saturated heterocycles. The molecule has 5 amide bonds. The van der Waals surface area contributed by atoms with Gasteiger partial charge in [0.25, 0.3) is 5.91 Å². The number of amides is 5. The molecule has 3 rings (SSSR count). The van der Waals surface area contributed by atoms with Crippen molar-refractivity contribution >= 4 is 35.5 Å². The third-order valence-electron chi connectivity index (χ3n) is 7.26. The van der Waals surface area contributed by atoms with E-state index in [0.717, 1.165) is 18.4 Å². The van der Waals surface area contributed by atoms with Crippen LogP contribution in [0.5, 0.6) is 0 Å². The van der Waals surface area contributed by atoms with Gasteiger partial charge in [-0.15, -0.1) is 0 Å². The lowest BCUT2D eigenvalue weighted by Gasteiger charge is -2.35. The maximum Gasteiger partial charge on any atom is 0.325 e. The maximum atomic E-state index is 13.8. The third kappa shape index (κ3) is 13.6. The number of ether oxygens (including phenoxy) is 1. The lowest BCUT2D eigenvalue weighted by molar-refractivity contribution is -0.143. The summed E-state index contributed by atoms with van der Waals surface area (Å²) in [4.78, 5) is 77.2. The Morgan fingerprint density at radius 1 is 1.00 bits per heavy atom. The zero-order valence-corrected chi connectivity index (χ0v) is 28.8. The molecule has 0 aromatic heterocycles. The summed E-state index contributed by atoms with van der Waals surface area (Å²) in [5.41, 5.74) is 5.26. The summed E-state index contributed by atoms with van der Waals surface area (Å²) in [7, 11) is 0. The van der Waals surface area contributed by atoms with Crippen molar-refractivity contribution < 1.29 is 33.5 Å². The summed E-state index contributed by atoms with van der Waals surface area (Å²) in [5.74, 6) is -3.40. The molecule has 0 bridgehead atoms. The fraction of sp³-hybridized carbons (Fsp3) is 0.647. The molecule has 2 fully saturated rings. The number of Topliss-reactive ketones (excluding diaryl/α,β-unsaturated/α-hetero) is 1. The number of esters is 1. The molecular weight excluding hydrogens is 590 g/mol. The Morgan fingerprint density at radius 3 is 2.11 bits per heavy atom. The van der Waals surface area contributed by atoms with Crippen LogP contribution in [0.2, 0.25) is 0 Å². The first-order valence-corrected chi connectivity index (χ1v) is 16.4. The van der Waals surface area contributed by atoms with Gasteiger partial charge in [0.2, 0.25) is 17.6 Å². The van der Waals surface area contributed by atoms with Gasteiger partial charge >= 0.3 is 12.0 Å². The molecule has 4 atom stereocenters. The molecule has 0 spiro atoms. The van der Waals surface area contributed by atoms with E-state index in [9.17, 15) is 28.8 Å². The van der Waals surface area contributed by atoms with Crippen molar-refractivity contribution in [3.05, 3.63) is 35.9 Å². The molecule has 1 aliphatic heterocycles. The van der Waals surface area contributed by atoms with E-state index in [4.69, 9.17) is 10.5 Å². The highest BCUT2D eigenvalue weighted by atomic mass is 16.5. The first-order valence-electron chi connectivity index (χ1n) is 16.4. The van der Waals surface area contributed by atoms with Crippen LogP contribution in [0, 0.1) is 17.3 Å². The van der Waals surface area contributed by atoms with Crippen molar-refractivity contribution in [2.24, 2.45) is 23.0 Å². The largest absolute Gasteiger partial charge is 0.460 e. The second kappa shape index (κ2) is 19.5. The zero-order valence-electron chi connectivity index (χ0n) is 28.8. The topological polar surface area (TPSA) is 177 Å². The first-order chi connectivity index (χ1) is 21.7. The fourth-order valence-electron chi connectivity index (χ4n) is 4.83. The summed E-state index contributed by atoms with van der Waals surface area (Å²) in [6, 6.07) is 5.41. The lowest BCUT2D eigenvalue weighted by atomic mass is 9.85. The van der Waals surface area contributed by atoms with Crippen molar-refractivity contribution in [3.63, 3.8) is 0 Å². The summed E-state index contributed by atoms with van der Waals surface area (Å²) < 4.78 is 5.17. The monoisotopic (exact) mass is 645 g/mol. The van der Waals surface area contributed by atoms with E-state index < -0.39 is 65.6 Å². The predicted molar refractivity (Wildman–Crippen MR) is 176 cm³/mol. The Kier molecular flexibility index (Phi) is 17.0. The standard InChI is InChI=1S/C29H41N5O7.C3H8.C2H6/c1-17-12-21(26(38)32-20(13-18-10-11-18)23(36)25(30)37)34(15-17)27(39)24(29(2,3)4)33-28(40)31-14-22(35)41-16-19-8-6-5-7-9-19;1-3-2;1-2/h5-9,17-18,20-21,24H,10-16H2,1-4H3,(H2,30,37)(H,32,38)(H2,31,33,40);3H2,1-2H3;1-2H3/t17-,20?,21?,24?;;/m1../s1. The van der Waals surface area contributed by atoms with Crippen LogP contribution in [0.3, 0.4) is 0 Å². The van der Waals surface area contributed by atoms with Crippen molar-refractivity contribution in [2.45, 2.75) is 112 Å². The molecule has 0 radical (unpaired) electrons. The predicted octanol–water partition coefficient (Wildman–Crippen LogP) is 3.46. The van der Waals surface area contributed by atoms with Crippen LogP contribution in [-0.4, -0.2) is 71.6 Å². The van der Waals surface area contributed by atoms with Crippen LogP contribution in [-0.2, 0) is 35.3 Å². The molecule has 3 unspecified atom stereocenters. The summed E-state index contributed by atoms with van der Waals surface area (Å²) in [6.45, 7) is 15.4. The Balaban J connectivity index is 0.00000199. The Labute approximate surface area is 273 Å². The average molecular weight is 646 g/mol. The molecule has 1 aromatic rings. The van der Waals surface area contributed by atoms with E-state index in [1.807, 2.05) is 51.1 Å². The smallest absolute Gasteiger partial charge is 0.325 e. The van der Waals surface area contributed by atoms with E-state index >= 15 is 0 Å². The maximum absolute atomic E-state index is 13.8. The van der Waals surface area contributed by atoms with Gasteiger partial charge in [0, 0.05) is 6.54 Å². The SMILES string of the molecule is CC.CCC.C[C@@H]1CC(C(=O)NC(CC2CC2)C(=O)C(N)=O)N(C(=O)C(NC(=O)NCC(=O)OCc2ccccc2)C(C)(C)C)C1. The highest BCUT2D eigenvalue weighted by molar-refractivity contribution is 6.37. The number of hydrogen-bond donors (Lipinski definition) is 4. The van der Waals surface area contributed by atoms with E-state index in [1.54, 1.807) is 20.8 Å². The molecule has 2 aliphatic rings. The molecule has 258 valence electrons. The van der Waals surface area contributed by atoms with Gasteiger partial charge in [-0.2, -0.15) is 0 Å². The third-order valence-corrected chi connectivity index (χ3v) is 7.26. The second-order valence-electron chi connectivity index (χ2n) is 12.8. The summed E-state index contributed by atoms with van der Waals surface area (Å²) in [5, 5.41) is 7.73. The van der Waals surface area contributed by atoms with Crippen LogP contribution < -0.4 is 21.7 Å². The van der Waals surface area contributed by atoms with Crippen LogP contribution in [0.4, 0.5) is 4.79 Å². The van der Waals surface area contributed by atoms with Crippen LogP contribution >= 0.6 is 0 Å². The minimum atomic E-state index is -1.12. The van der Waals surface area contributed by atoms with E-state index in [1.165, 1.54) is 11.3 Å². The second-order valence-corrected chi connectivity index (χ2v) is 12.8. The van der Waals surface area contributed by atoms with Gasteiger partial charge in [-0.3, -0.25) is 24.0 Å². The van der Waals surface area contributed by atoms with Gasteiger partial charge in [0.1, 0.15) is 25.2 Å². The van der Waals surface area contributed by atoms with Crippen molar-refractivity contribution in [1.29, 1.82) is 0 Å². The van der Waals surface area contributed by atoms with E-state index in [-0.39, 0.29) is 25.0 Å². The number of benzene rings is 1. The number of likely N-dealkylation sites (tertiary alicyclic amines) is 1. The molecular formula is C34H55N5O7. The normalized spacial score (nSPS) is 18.3. The number of primary amides is 1. The quantitative estimate of drug-likeness (QED) is 0.199. The number of rotatable bonds is 12. The van der Waals surface area contributed by atoms with Crippen molar-refractivity contribution in [1.82, 2.24) is 20.9 Å². The number of nitrogens with one attached hydrogen (secondary N) is 3. The highest BCUT2D eigenvalue weighted by Crippen LogP contribution is 2.34. The number of carbonyl (C=O) groups excluding carboxylic acids is 6. The molecule has 1 heterocycles. The molecule has 1 saturated carbocycles. The number of nitrogens with zero attached hydrogens (tertiary/aromatic N) is 1. The molecule has 1 aromatic carbocycles. The fourth-order valence-corrected chi connectivity index (χ4v) is 4.83. The minimum Gasteiger partial charge on any atom is -0.460 e. The number of hydrogen-bond acceptors (Lipinski definition) is 7. The molecule has 12 nitrogen and oxygen atoms in total. The Bertz CT molecular complexity index is 1160. The number of urea groups is 1. The zero-order chi connectivity index (χ0) is 35.0. The van der Waals surface area contributed by atoms with Crippen LogP contribution in [0.1, 0.15) is 93.1 Å². The van der Waals surface area contributed by atoms with Gasteiger partial charge < -0.3 is 31.3 Å². The van der Waals surface area contributed by atoms with Gasteiger partial charge in [-0.25, -0.2) is 4.79 Å². The average Bonchev–Trinajstić information content (AvgIpc) is 3.75. The van der Waals surface area contributed by atoms with Gasteiger partial charge in [-0.1, -0.05) is 105 Å². The van der Waals surface area contributed by atoms with E-state index in [0.29, 0.717) is 12.8 Å².